The van der Waals surface area contributed by atoms with E-state index in [0.717, 1.165) is 29.0 Å². The summed E-state index contributed by atoms with van der Waals surface area (Å²) < 4.78 is 10.6. The van der Waals surface area contributed by atoms with Gasteiger partial charge in [0, 0.05) is 16.7 Å². The zero-order valence-electron chi connectivity index (χ0n) is 18.5. The second kappa shape index (κ2) is 8.83. The van der Waals surface area contributed by atoms with E-state index in [4.69, 9.17) is 14.1 Å². The molecule has 0 bridgehead atoms. The van der Waals surface area contributed by atoms with Gasteiger partial charge < -0.3 is 14.5 Å². The first-order valence-corrected chi connectivity index (χ1v) is 10.5. The smallest absolute Gasteiger partial charge is 0.251 e. The molecule has 3 aromatic rings. The molecule has 2 heterocycles. The van der Waals surface area contributed by atoms with Crippen LogP contribution in [-0.4, -0.2) is 30.1 Å². The molecule has 164 valence electrons. The summed E-state index contributed by atoms with van der Waals surface area (Å²) in [5, 5.41) is 2.80. The molecular weight excluding hydrogens is 404 g/mol. The van der Waals surface area contributed by atoms with Gasteiger partial charge in [-0.05, 0) is 62.2 Å². The highest BCUT2D eigenvalue weighted by Gasteiger charge is 2.28. The van der Waals surface area contributed by atoms with Gasteiger partial charge in [-0.1, -0.05) is 18.2 Å². The molecule has 0 unspecified atom stereocenters. The van der Waals surface area contributed by atoms with Crippen LogP contribution in [0.25, 0.3) is 0 Å². The number of nitrogens with one attached hydrogen (secondary N) is 1. The van der Waals surface area contributed by atoms with E-state index >= 15 is 0 Å². The second-order valence-corrected chi connectivity index (χ2v) is 8.51. The fourth-order valence-electron chi connectivity index (χ4n) is 3.92. The number of ketones is 1. The Hall–Kier alpha value is -3.67. The van der Waals surface area contributed by atoms with Gasteiger partial charge in [-0.2, -0.15) is 0 Å². The maximum atomic E-state index is 13.0. The fraction of sp³-hybridized carbons (Fsp3) is 0.269. The van der Waals surface area contributed by atoms with Crippen molar-refractivity contribution in [1.82, 2.24) is 5.32 Å². The maximum Gasteiger partial charge on any atom is 0.251 e. The molecule has 0 spiro atoms. The van der Waals surface area contributed by atoms with E-state index < -0.39 is 0 Å². The fourth-order valence-corrected chi connectivity index (χ4v) is 3.92. The van der Waals surface area contributed by atoms with Crippen LogP contribution in [0.2, 0.25) is 0 Å². The van der Waals surface area contributed by atoms with E-state index in [1.165, 1.54) is 0 Å². The minimum atomic E-state index is -0.271. The minimum absolute atomic E-state index is 0.0437. The summed E-state index contributed by atoms with van der Waals surface area (Å²) in [6, 6.07) is 16.2. The Morgan fingerprint density at radius 1 is 1.09 bits per heavy atom. The lowest BCUT2D eigenvalue weighted by Crippen LogP contribution is -2.30. The van der Waals surface area contributed by atoms with E-state index in [1.54, 1.807) is 49.8 Å². The van der Waals surface area contributed by atoms with Crippen LogP contribution in [0.15, 0.2) is 70.3 Å². The first kappa shape index (κ1) is 21.6. The minimum Gasteiger partial charge on any atom is -0.497 e. The lowest BCUT2D eigenvalue weighted by Gasteiger charge is -2.29. The van der Waals surface area contributed by atoms with Crippen molar-refractivity contribution >= 4 is 17.4 Å². The summed E-state index contributed by atoms with van der Waals surface area (Å²) in [6.45, 7) is 4.45. The third kappa shape index (κ3) is 4.80. The van der Waals surface area contributed by atoms with Crippen molar-refractivity contribution < 1.29 is 18.7 Å². The lowest BCUT2D eigenvalue weighted by atomic mass is 9.85. The molecule has 1 aliphatic rings. The number of furan rings is 1. The molecule has 6 nitrogen and oxygen atoms in total. The number of amides is 1. The molecule has 6 heteroatoms. The SMILES string of the molecule is COc1ccc2c(c1)C(CC(=O)c1ccc(C(=O)NCc3ccco3)cc1)=NC(C)(C)C2. The first-order chi connectivity index (χ1) is 15.3. The van der Waals surface area contributed by atoms with Gasteiger partial charge in [0.1, 0.15) is 11.5 Å². The van der Waals surface area contributed by atoms with Crippen molar-refractivity contribution in [3.63, 3.8) is 0 Å². The molecule has 0 radical (unpaired) electrons. The van der Waals surface area contributed by atoms with Crippen LogP contribution >= 0.6 is 0 Å². The highest BCUT2D eigenvalue weighted by Crippen LogP contribution is 2.31. The normalized spacial score (nSPS) is 14.3. The number of nitrogens with zero attached hydrogens (tertiary/aromatic N) is 1. The van der Waals surface area contributed by atoms with Crippen molar-refractivity contribution in [2.75, 3.05) is 7.11 Å². The molecule has 0 aliphatic carbocycles. The number of hydrogen-bond donors (Lipinski definition) is 1. The Labute approximate surface area is 187 Å². The third-order valence-electron chi connectivity index (χ3n) is 5.49. The number of fused-ring (bicyclic) bond motifs is 1. The molecule has 1 aliphatic heterocycles. The quantitative estimate of drug-likeness (QED) is 0.555. The predicted molar refractivity (Wildman–Crippen MR) is 123 cm³/mol. The van der Waals surface area contributed by atoms with Gasteiger partial charge in [0.2, 0.25) is 0 Å². The van der Waals surface area contributed by atoms with Crippen LogP contribution < -0.4 is 10.1 Å². The number of aliphatic imine (C=N–C) groups is 1. The largest absolute Gasteiger partial charge is 0.497 e. The monoisotopic (exact) mass is 430 g/mol. The molecule has 1 N–H and O–H groups in total. The number of ether oxygens (including phenoxy) is 1. The lowest BCUT2D eigenvalue weighted by molar-refractivity contribution is 0.0945. The first-order valence-electron chi connectivity index (χ1n) is 10.5. The maximum absolute atomic E-state index is 13.0. The molecule has 32 heavy (non-hydrogen) atoms. The summed E-state index contributed by atoms with van der Waals surface area (Å²) in [6.07, 6.45) is 2.56. The Kier molecular flexibility index (Phi) is 5.95. The van der Waals surface area contributed by atoms with Crippen molar-refractivity contribution in [2.24, 2.45) is 4.99 Å². The van der Waals surface area contributed by atoms with E-state index in [0.29, 0.717) is 23.4 Å². The topological polar surface area (TPSA) is 80.9 Å². The number of hydrogen-bond acceptors (Lipinski definition) is 5. The summed E-state index contributed by atoms with van der Waals surface area (Å²) in [5.41, 5.74) is 3.65. The summed E-state index contributed by atoms with van der Waals surface area (Å²) >= 11 is 0. The van der Waals surface area contributed by atoms with Crippen LogP contribution in [0.1, 0.15) is 57.9 Å². The molecular formula is C26H26N2O4. The number of Topliss-reactive ketones (excluding diaryl/α,β-unsaturated/α-hetero) is 1. The van der Waals surface area contributed by atoms with E-state index in [9.17, 15) is 9.59 Å². The van der Waals surface area contributed by atoms with Gasteiger partial charge >= 0.3 is 0 Å². The van der Waals surface area contributed by atoms with Gasteiger partial charge in [0.25, 0.3) is 5.91 Å². The average Bonchev–Trinajstić information content (AvgIpc) is 3.30. The van der Waals surface area contributed by atoms with Gasteiger partial charge in [-0.3, -0.25) is 14.6 Å². The Bertz CT molecular complexity index is 1160. The van der Waals surface area contributed by atoms with Crippen molar-refractivity contribution in [3.8, 4) is 5.75 Å². The zero-order chi connectivity index (χ0) is 22.7. The molecule has 0 saturated heterocycles. The predicted octanol–water partition coefficient (Wildman–Crippen LogP) is 4.62. The van der Waals surface area contributed by atoms with Crippen LogP contribution in [0.4, 0.5) is 0 Å². The Morgan fingerprint density at radius 2 is 1.84 bits per heavy atom. The summed E-state index contributed by atoms with van der Waals surface area (Å²) in [7, 11) is 1.63. The number of carbonyl (C=O) groups is 2. The Morgan fingerprint density at radius 3 is 2.53 bits per heavy atom. The number of methoxy groups -OCH3 is 1. The zero-order valence-corrected chi connectivity index (χ0v) is 18.5. The number of carbonyl (C=O) groups excluding carboxylic acids is 2. The van der Waals surface area contributed by atoms with Crippen LogP contribution in [0.3, 0.4) is 0 Å². The van der Waals surface area contributed by atoms with Crippen LogP contribution in [-0.2, 0) is 13.0 Å². The molecule has 0 fully saturated rings. The molecule has 2 aromatic carbocycles. The molecule has 1 aromatic heterocycles. The molecule has 1 amide bonds. The highest BCUT2D eigenvalue weighted by atomic mass is 16.5. The van der Waals surface area contributed by atoms with Crippen molar-refractivity contribution in [1.29, 1.82) is 0 Å². The van der Waals surface area contributed by atoms with Crippen LogP contribution in [0, 0.1) is 0 Å². The van der Waals surface area contributed by atoms with Crippen molar-refractivity contribution in [2.45, 2.75) is 38.8 Å². The summed E-state index contributed by atoms with van der Waals surface area (Å²) in [4.78, 5) is 30.2. The van der Waals surface area contributed by atoms with E-state index in [1.807, 2.05) is 18.2 Å². The molecule has 0 saturated carbocycles. The highest BCUT2D eigenvalue weighted by molar-refractivity contribution is 6.17. The van der Waals surface area contributed by atoms with Gasteiger partial charge in [0.15, 0.2) is 5.78 Å². The van der Waals surface area contributed by atoms with E-state index in [-0.39, 0.29) is 23.7 Å². The standard InChI is InChI=1S/C26H26N2O4/c1-26(2)15-19-10-11-20(31-3)13-22(19)23(28-26)14-24(29)17-6-8-18(9-7-17)25(30)27-16-21-5-4-12-32-21/h4-13H,14-16H2,1-3H3,(H,27,30). The molecule has 0 atom stereocenters. The third-order valence-corrected chi connectivity index (χ3v) is 5.49. The number of rotatable bonds is 7. The van der Waals surface area contributed by atoms with Gasteiger partial charge in [-0.15, -0.1) is 0 Å². The van der Waals surface area contributed by atoms with Crippen molar-refractivity contribution in [3.05, 3.63) is 88.9 Å². The second-order valence-electron chi connectivity index (χ2n) is 8.51. The van der Waals surface area contributed by atoms with Crippen LogP contribution in [0.5, 0.6) is 5.75 Å². The molecule has 4 rings (SSSR count). The van der Waals surface area contributed by atoms with E-state index in [2.05, 4.69) is 19.2 Å². The average molecular weight is 431 g/mol. The van der Waals surface area contributed by atoms with Gasteiger partial charge in [-0.25, -0.2) is 0 Å². The Balaban J connectivity index is 1.48. The van der Waals surface area contributed by atoms with Gasteiger partial charge in [0.05, 0.1) is 37.6 Å². The summed E-state index contributed by atoms with van der Waals surface area (Å²) in [5.74, 6) is 1.16. The number of benzene rings is 2.